The first kappa shape index (κ1) is 19.6. The molecule has 29 heavy (non-hydrogen) atoms. The molecule has 0 radical (unpaired) electrons. The average molecular weight is 410 g/mol. The topological polar surface area (TPSA) is 55.2 Å². The monoisotopic (exact) mass is 409 g/mol. The standard InChI is InChI=1S/C23H24ClN3O2/c1-15(26(2)22(28)16-7-3-4-8-16)21-25-20-10-6-5-9-19(20)23(29)27(21)18-13-11-17(24)12-14-18/h5-6,9-16H,3-4,7-8H2,1-2H3. The van der Waals surface area contributed by atoms with Gasteiger partial charge >= 0.3 is 0 Å². The maximum atomic E-state index is 13.4. The smallest absolute Gasteiger partial charge is 0.266 e. The van der Waals surface area contributed by atoms with Crippen molar-refractivity contribution in [1.82, 2.24) is 14.5 Å². The molecule has 1 fully saturated rings. The van der Waals surface area contributed by atoms with Gasteiger partial charge < -0.3 is 4.90 Å². The lowest BCUT2D eigenvalue weighted by Gasteiger charge is -2.29. The van der Waals surface area contributed by atoms with Crippen molar-refractivity contribution in [1.29, 1.82) is 0 Å². The molecular weight excluding hydrogens is 386 g/mol. The van der Waals surface area contributed by atoms with Crippen LogP contribution in [0.4, 0.5) is 0 Å². The molecule has 3 aromatic rings. The van der Waals surface area contributed by atoms with Crippen molar-refractivity contribution in [3.63, 3.8) is 0 Å². The fourth-order valence-corrected chi connectivity index (χ4v) is 4.22. The lowest BCUT2D eigenvalue weighted by atomic mass is 10.1. The fraction of sp³-hybridized carbons (Fsp3) is 0.348. The van der Waals surface area contributed by atoms with Gasteiger partial charge in [0.2, 0.25) is 5.91 Å². The second-order valence-electron chi connectivity index (χ2n) is 7.71. The van der Waals surface area contributed by atoms with Crippen molar-refractivity contribution in [3.05, 3.63) is 69.7 Å². The van der Waals surface area contributed by atoms with Crippen LogP contribution in [-0.2, 0) is 4.79 Å². The Morgan fingerprint density at radius 3 is 2.48 bits per heavy atom. The van der Waals surface area contributed by atoms with Gasteiger partial charge in [-0.1, -0.05) is 36.6 Å². The van der Waals surface area contributed by atoms with Gasteiger partial charge in [-0.25, -0.2) is 4.98 Å². The number of benzene rings is 2. The van der Waals surface area contributed by atoms with Crippen LogP contribution in [0.5, 0.6) is 0 Å². The largest absolute Gasteiger partial charge is 0.336 e. The second-order valence-corrected chi connectivity index (χ2v) is 8.15. The number of carbonyl (C=O) groups is 1. The van der Waals surface area contributed by atoms with Crippen LogP contribution in [0.2, 0.25) is 5.02 Å². The Balaban J connectivity index is 1.85. The molecule has 1 unspecified atom stereocenters. The molecule has 1 amide bonds. The zero-order chi connectivity index (χ0) is 20.5. The van der Waals surface area contributed by atoms with Crippen molar-refractivity contribution in [2.75, 3.05) is 7.05 Å². The summed E-state index contributed by atoms with van der Waals surface area (Å²) < 4.78 is 1.60. The van der Waals surface area contributed by atoms with E-state index in [1.54, 1.807) is 46.8 Å². The molecule has 150 valence electrons. The summed E-state index contributed by atoms with van der Waals surface area (Å²) in [7, 11) is 1.80. The minimum Gasteiger partial charge on any atom is -0.336 e. The molecule has 6 heteroatoms. The van der Waals surface area contributed by atoms with Crippen LogP contribution in [0.3, 0.4) is 0 Å². The third-order valence-corrected chi connectivity index (χ3v) is 6.15. The number of aromatic nitrogens is 2. The van der Waals surface area contributed by atoms with Crippen molar-refractivity contribution < 1.29 is 4.79 Å². The van der Waals surface area contributed by atoms with E-state index in [1.165, 1.54) is 0 Å². The third kappa shape index (κ3) is 3.67. The van der Waals surface area contributed by atoms with Crippen LogP contribution in [-0.4, -0.2) is 27.4 Å². The SMILES string of the molecule is CC(c1nc2ccccc2c(=O)n1-c1ccc(Cl)cc1)N(C)C(=O)C1CCCC1. The average Bonchev–Trinajstić information content (AvgIpc) is 3.28. The van der Waals surface area contributed by atoms with Crippen LogP contribution in [0.1, 0.15) is 44.5 Å². The Morgan fingerprint density at radius 1 is 1.14 bits per heavy atom. The highest BCUT2D eigenvalue weighted by Gasteiger charge is 2.30. The normalized spacial score (nSPS) is 15.6. The first-order valence-corrected chi connectivity index (χ1v) is 10.4. The number of carbonyl (C=O) groups excluding carboxylic acids is 1. The summed E-state index contributed by atoms with van der Waals surface area (Å²) in [6.07, 6.45) is 4.07. The number of nitrogens with zero attached hydrogens (tertiary/aromatic N) is 3. The van der Waals surface area contributed by atoms with E-state index in [9.17, 15) is 9.59 Å². The van der Waals surface area contributed by atoms with Crippen molar-refractivity contribution in [3.8, 4) is 5.69 Å². The van der Waals surface area contributed by atoms with E-state index in [0.717, 1.165) is 25.7 Å². The number of amides is 1. The van der Waals surface area contributed by atoms with Gasteiger partial charge in [0, 0.05) is 18.0 Å². The van der Waals surface area contributed by atoms with Crippen LogP contribution in [0, 0.1) is 5.92 Å². The van der Waals surface area contributed by atoms with Crippen molar-refractivity contribution in [2.45, 2.75) is 38.6 Å². The van der Waals surface area contributed by atoms with Gasteiger partial charge in [-0.3, -0.25) is 14.2 Å². The van der Waals surface area contributed by atoms with E-state index in [4.69, 9.17) is 16.6 Å². The molecule has 4 rings (SSSR count). The zero-order valence-corrected chi connectivity index (χ0v) is 17.4. The maximum Gasteiger partial charge on any atom is 0.266 e. The summed E-state index contributed by atoms with van der Waals surface area (Å²) in [5.74, 6) is 0.739. The number of fused-ring (bicyclic) bond motifs is 1. The van der Waals surface area contributed by atoms with Crippen molar-refractivity contribution >= 4 is 28.4 Å². The summed E-state index contributed by atoms with van der Waals surface area (Å²) in [5, 5.41) is 1.14. The third-order valence-electron chi connectivity index (χ3n) is 5.89. The number of para-hydroxylation sites is 1. The Bertz CT molecular complexity index is 1100. The molecule has 1 heterocycles. The highest BCUT2D eigenvalue weighted by Crippen LogP contribution is 2.30. The minimum atomic E-state index is -0.351. The van der Waals surface area contributed by atoms with E-state index in [1.807, 2.05) is 25.1 Å². The van der Waals surface area contributed by atoms with Crippen LogP contribution >= 0.6 is 11.6 Å². The van der Waals surface area contributed by atoms with E-state index >= 15 is 0 Å². The van der Waals surface area contributed by atoms with Gasteiger partial charge in [-0.05, 0) is 56.2 Å². The van der Waals surface area contributed by atoms with E-state index in [0.29, 0.717) is 27.4 Å². The van der Waals surface area contributed by atoms with Gasteiger partial charge in [-0.2, -0.15) is 0 Å². The number of hydrogen-bond donors (Lipinski definition) is 0. The first-order valence-electron chi connectivity index (χ1n) is 10.0. The molecule has 0 aliphatic heterocycles. The van der Waals surface area contributed by atoms with E-state index in [2.05, 4.69) is 0 Å². The Labute approximate surface area is 174 Å². The molecule has 0 bridgehead atoms. The predicted molar refractivity (Wildman–Crippen MR) is 115 cm³/mol. The van der Waals surface area contributed by atoms with Gasteiger partial charge in [0.1, 0.15) is 5.82 Å². The molecule has 2 aromatic carbocycles. The maximum absolute atomic E-state index is 13.4. The lowest BCUT2D eigenvalue weighted by Crippen LogP contribution is -2.37. The summed E-state index contributed by atoms with van der Waals surface area (Å²) in [6.45, 7) is 1.93. The van der Waals surface area contributed by atoms with Crippen molar-refractivity contribution in [2.24, 2.45) is 5.92 Å². The van der Waals surface area contributed by atoms with Gasteiger partial charge in [0.05, 0.1) is 22.6 Å². The molecule has 0 spiro atoms. The first-order chi connectivity index (χ1) is 14.0. The fourth-order valence-electron chi connectivity index (χ4n) is 4.09. The summed E-state index contributed by atoms with van der Waals surface area (Å²) in [4.78, 5) is 32.9. The molecule has 5 nitrogen and oxygen atoms in total. The predicted octanol–water partition coefficient (Wildman–Crippen LogP) is 4.75. The molecule has 1 aliphatic carbocycles. The van der Waals surface area contributed by atoms with E-state index < -0.39 is 0 Å². The van der Waals surface area contributed by atoms with Crippen LogP contribution < -0.4 is 5.56 Å². The van der Waals surface area contributed by atoms with Gasteiger partial charge in [0.25, 0.3) is 5.56 Å². The highest BCUT2D eigenvalue weighted by atomic mass is 35.5. The lowest BCUT2D eigenvalue weighted by molar-refractivity contribution is -0.136. The van der Waals surface area contributed by atoms with Gasteiger partial charge in [0.15, 0.2) is 0 Å². The molecule has 1 atom stereocenters. The molecule has 1 saturated carbocycles. The summed E-state index contributed by atoms with van der Waals surface area (Å²) in [6, 6.07) is 14.1. The van der Waals surface area contributed by atoms with Crippen LogP contribution in [0.15, 0.2) is 53.3 Å². The Kier molecular flexibility index (Phi) is 5.41. The minimum absolute atomic E-state index is 0.0682. The summed E-state index contributed by atoms with van der Waals surface area (Å²) in [5.41, 5.74) is 1.16. The number of rotatable bonds is 4. The molecule has 1 aliphatic rings. The second kappa shape index (κ2) is 7.99. The Morgan fingerprint density at radius 2 is 1.79 bits per heavy atom. The quantitative estimate of drug-likeness (QED) is 0.624. The highest BCUT2D eigenvalue weighted by molar-refractivity contribution is 6.30. The molecule has 0 N–H and O–H groups in total. The van der Waals surface area contributed by atoms with E-state index in [-0.39, 0.29) is 23.4 Å². The van der Waals surface area contributed by atoms with Gasteiger partial charge in [-0.15, -0.1) is 0 Å². The number of hydrogen-bond acceptors (Lipinski definition) is 3. The van der Waals surface area contributed by atoms with Crippen LogP contribution in [0.25, 0.3) is 16.6 Å². The molecule has 0 saturated heterocycles. The number of halogens is 1. The molecular formula is C23H24ClN3O2. The molecule has 1 aromatic heterocycles. The Hall–Kier alpha value is -2.66. The summed E-state index contributed by atoms with van der Waals surface area (Å²) >= 11 is 6.05. The zero-order valence-electron chi connectivity index (χ0n) is 16.6.